The number of ether oxygens (including phenoxy) is 2. The van der Waals surface area contributed by atoms with Gasteiger partial charge in [-0.05, 0) is 30.2 Å². The van der Waals surface area contributed by atoms with Gasteiger partial charge in [-0.25, -0.2) is 0 Å². The van der Waals surface area contributed by atoms with Crippen LogP contribution in [0.2, 0.25) is 5.02 Å². The number of benzene rings is 2. The number of hydrogen-bond donors (Lipinski definition) is 1. The average Bonchev–Trinajstić information content (AvgIpc) is 3.19. The van der Waals surface area contributed by atoms with Crippen LogP contribution in [0.3, 0.4) is 0 Å². The van der Waals surface area contributed by atoms with E-state index in [9.17, 15) is 9.59 Å². The lowest BCUT2D eigenvalue weighted by Crippen LogP contribution is -2.15. The lowest BCUT2D eigenvalue weighted by molar-refractivity contribution is -0.145. The molecule has 30 heavy (non-hydrogen) atoms. The third kappa shape index (κ3) is 6.05. The van der Waals surface area contributed by atoms with Crippen molar-refractivity contribution in [3.05, 3.63) is 70.8 Å². The minimum absolute atomic E-state index is 0.0952. The predicted molar refractivity (Wildman–Crippen MR) is 109 cm³/mol. The summed E-state index contributed by atoms with van der Waals surface area (Å²) in [6.07, 6.45) is 0.546. The molecule has 0 unspecified atom stereocenters. The van der Waals surface area contributed by atoms with Gasteiger partial charge in [-0.3, -0.25) is 9.59 Å². The molecule has 0 aliphatic carbocycles. The monoisotopic (exact) mass is 429 g/mol. The van der Waals surface area contributed by atoms with Crippen molar-refractivity contribution in [1.82, 2.24) is 10.1 Å². The molecule has 0 spiro atoms. The highest BCUT2D eigenvalue weighted by molar-refractivity contribution is 6.31. The molecule has 9 heteroatoms. The molecule has 1 amide bonds. The maximum absolute atomic E-state index is 12.2. The van der Waals surface area contributed by atoms with E-state index >= 15 is 0 Å². The van der Waals surface area contributed by atoms with Crippen LogP contribution in [0.25, 0.3) is 0 Å². The summed E-state index contributed by atoms with van der Waals surface area (Å²) in [6, 6.07) is 14.4. The van der Waals surface area contributed by atoms with Gasteiger partial charge in [-0.2, -0.15) is 4.98 Å². The van der Waals surface area contributed by atoms with E-state index in [0.717, 1.165) is 5.56 Å². The van der Waals surface area contributed by atoms with Gasteiger partial charge in [0.1, 0.15) is 5.75 Å². The van der Waals surface area contributed by atoms with Crippen molar-refractivity contribution in [2.24, 2.45) is 0 Å². The first-order valence-electron chi connectivity index (χ1n) is 9.18. The van der Waals surface area contributed by atoms with E-state index in [2.05, 4.69) is 15.5 Å². The topological polar surface area (TPSA) is 104 Å². The fourth-order valence-corrected chi connectivity index (χ4v) is 2.89. The standard InChI is InChI=1S/C21H20ClN3O5/c1-28-17-9-5-4-8-16(17)23-19(26)12-18-24-20(30-25-18)13-29-21(27)11-10-14-6-2-3-7-15(14)22/h2-9H,10-13H2,1H3,(H,23,26). The van der Waals surface area contributed by atoms with Gasteiger partial charge in [-0.1, -0.05) is 47.1 Å². The van der Waals surface area contributed by atoms with Gasteiger partial charge >= 0.3 is 5.97 Å². The molecule has 0 fully saturated rings. The van der Waals surface area contributed by atoms with Crippen LogP contribution in [0.15, 0.2) is 53.1 Å². The number of anilines is 1. The highest BCUT2D eigenvalue weighted by atomic mass is 35.5. The molecular formula is C21H20ClN3O5. The first kappa shape index (κ1) is 21.3. The molecule has 3 aromatic rings. The van der Waals surface area contributed by atoms with E-state index in [1.165, 1.54) is 7.11 Å². The minimum Gasteiger partial charge on any atom is -0.495 e. The van der Waals surface area contributed by atoms with E-state index in [4.69, 9.17) is 25.6 Å². The summed E-state index contributed by atoms with van der Waals surface area (Å²) in [5.74, 6) is 0.0984. The summed E-state index contributed by atoms with van der Waals surface area (Å²) in [7, 11) is 1.52. The van der Waals surface area contributed by atoms with Gasteiger partial charge in [0.05, 0.1) is 19.2 Å². The van der Waals surface area contributed by atoms with Gasteiger partial charge in [0, 0.05) is 11.4 Å². The number of aromatic nitrogens is 2. The second kappa shape index (κ2) is 10.4. The molecule has 0 saturated carbocycles. The Morgan fingerprint density at radius 1 is 1.13 bits per heavy atom. The predicted octanol–water partition coefficient (Wildman–Crippen LogP) is 3.59. The molecule has 8 nitrogen and oxygen atoms in total. The van der Waals surface area contributed by atoms with Crippen LogP contribution in [0.4, 0.5) is 5.69 Å². The number of nitrogens with zero attached hydrogens (tertiary/aromatic N) is 2. The molecule has 0 radical (unpaired) electrons. The maximum atomic E-state index is 12.2. The lowest BCUT2D eigenvalue weighted by atomic mass is 10.1. The Bertz CT molecular complexity index is 1020. The summed E-state index contributed by atoms with van der Waals surface area (Å²) in [5.41, 5.74) is 1.42. The van der Waals surface area contributed by atoms with Gasteiger partial charge < -0.3 is 19.3 Å². The van der Waals surface area contributed by atoms with Crippen molar-refractivity contribution in [3.8, 4) is 5.75 Å². The van der Waals surface area contributed by atoms with Crippen LogP contribution in [0.1, 0.15) is 23.7 Å². The zero-order chi connectivity index (χ0) is 21.3. The van der Waals surface area contributed by atoms with Crippen molar-refractivity contribution >= 4 is 29.2 Å². The SMILES string of the molecule is COc1ccccc1NC(=O)Cc1noc(COC(=O)CCc2ccccc2Cl)n1. The number of para-hydroxylation sites is 2. The van der Waals surface area contributed by atoms with Gasteiger partial charge in [-0.15, -0.1) is 0 Å². The molecule has 1 aromatic heterocycles. The van der Waals surface area contributed by atoms with E-state index in [1.54, 1.807) is 30.3 Å². The third-order valence-corrected chi connectivity index (χ3v) is 4.49. The van der Waals surface area contributed by atoms with Crippen LogP contribution < -0.4 is 10.1 Å². The van der Waals surface area contributed by atoms with Crippen molar-refractivity contribution in [1.29, 1.82) is 0 Å². The summed E-state index contributed by atoms with van der Waals surface area (Å²) >= 11 is 6.07. The first-order valence-corrected chi connectivity index (χ1v) is 9.56. The van der Waals surface area contributed by atoms with Crippen LogP contribution in [-0.2, 0) is 33.8 Å². The number of amides is 1. The van der Waals surface area contributed by atoms with Crippen molar-refractivity contribution < 1.29 is 23.6 Å². The van der Waals surface area contributed by atoms with Crippen LogP contribution >= 0.6 is 11.6 Å². The normalized spacial score (nSPS) is 10.5. The number of esters is 1. The van der Waals surface area contributed by atoms with Crippen LogP contribution in [0.5, 0.6) is 5.75 Å². The van der Waals surface area contributed by atoms with Crippen molar-refractivity contribution in [3.63, 3.8) is 0 Å². The molecule has 156 valence electrons. The molecule has 1 heterocycles. The fourth-order valence-electron chi connectivity index (χ4n) is 2.66. The van der Waals surface area contributed by atoms with Gasteiger partial charge in [0.2, 0.25) is 5.91 Å². The zero-order valence-electron chi connectivity index (χ0n) is 16.3. The summed E-state index contributed by atoms with van der Waals surface area (Å²) in [4.78, 5) is 28.2. The molecule has 0 atom stereocenters. The van der Waals surface area contributed by atoms with Crippen LogP contribution in [-0.4, -0.2) is 29.1 Å². The highest BCUT2D eigenvalue weighted by Crippen LogP contribution is 2.23. The van der Waals surface area contributed by atoms with E-state index < -0.39 is 5.97 Å². The Kier molecular flexibility index (Phi) is 7.40. The number of halogens is 1. The van der Waals surface area contributed by atoms with E-state index in [0.29, 0.717) is 22.9 Å². The largest absolute Gasteiger partial charge is 0.495 e. The van der Waals surface area contributed by atoms with Gasteiger partial charge in [0.25, 0.3) is 5.89 Å². The number of hydrogen-bond acceptors (Lipinski definition) is 7. The van der Waals surface area contributed by atoms with Crippen molar-refractivity contribution in [2.45, 2.75) is 25.9 Å². The number of aryl methyl sites for hydroxylation is 1. The zero-order valence-corrected chi connectivity index (χ0v) is 17.0. The molecule has 0 aliphatic rings. The molecule has 0 aliphatic heterocycles. The van der Waals surface area contributed by atoms with Crippen molar-refractivity contribution in [2.75, 3.05) is 12.4 Å². The summed E-state index contributed by atoms with van der Waals surface area (Å²) in [5, 5.41) is 7.07. The smallest absolute Gasteiger partial charge is 0.306 e. The Hall–Kier alpha value is -3.39. The first-order chi connectivity index (χ1) is 14.5. The molecular weight excluding hydrogens is 410 g/mol. The molecule has 3 rings (SSSR count). The Balaban J connectivity index is 1.45. The Morgan fingerprint density at radius 2 is 1.90 bits per heavy atom. The molecule has 1 N–H and O–H groups in total. The number of rotatable bonds is 9. The number of methoxy groups -OCH3 is 1. The fraction of sp³-hybridized carbons (Fsp3) is 0.238. The second-order valence-electron chi connectivity index (χ2n) is 6.28. The second-order valence-corrected chi connectivity index (χ2v) is 6.69. The average molecular weight is 430 g/mol. The summed E-state index contributed by atoms with van der Waals surface area (Å²) < 4.78 is 15.4. The molecule has 0 saturated heterocycles. The van der Waals surface area contributed by atoms with E-state index in [1.807, 2.05) is 18.2 Å². The third-order valence-electron chi connectivity index (χ3n) is 4.12. The quantitative estimate of drug-likeness (QED) is 0.518. The maximum Gasteiger partial charge on any atom is 0.306 e. The molecule has 0 bridgehead atoms. The minimum atomic E-state index is -0.413. The lowest BCUT2D eigenvalue weighted by Gasteiger charge is -2.08. The van der Waals surface area contributed by atoms with Crippen LogP contribution in [0, 0.1) is 0 Å². The van der Waals surface area contributed by atoms with E-state index in [-0.39, 0.29) is 37.1 Å². The Morgan fingerprint density at radius 3 is 2.70 bits per heavy atom. The van der Waals surface area contributed by atoms with Gasteiger partial charge in [0.15, 0.2) is 12.4 Å². The summed E-state index contributed by atoms with van der Waals surface area (Å²) in [6.45, 7) is -0.164. The number of nitrogens with one attached hydrogen (secondary N) is 1. The Labute approximate surface area is 178 Å². The number of carbonyl (C=O) groups excluding carboxylic acids is 2. The number of carbonyl (C=O) groups is 2. The molecule has 2 aromatic carbocycles. The highest BCUT2D eigenvalue weighted by Gasteiger charge is 2.14.